The average Bonchev–Trinajstić information content (AvgIpc) is 2.68. The smallest absolute Gasteiger partial charge is 0.337 e. The van der Waals surface area contributed by atoms with E-state index in [2.05, 4.69) is 31.8 Å². The third kappa shape index (κ3) is 4.17. The molecule has 2 heterocycles. The zero-order valence-electron chi connectivity index (χ0n) is 14.9. The van der Waals surface area contributed by atoms with Crippen molar-refractivity contribution >= 4 is 23.4 Å². The lowest BCUT2D eigenvalue weighted by Gasteiger charge is -2.31. The van der Waals surface area contributed by atoms with Crippen LogP contribution >= 0.6 is 0 Å². The lowest BCUT2D eigenvalue weighted by molar-refractivity contribution is 0.0600. The van der Waals surface area contributed by atoms with E-state index >= 15 is 0 Å². The van der Waals surface area contributed by atoms with Gasteiger partial charge in [0.25, 0.3) is 5.91 Å². The van der Waals surface area contributed by atoms with Gasteiger partial charge in [0.2, 0.25) is 0 Å². The van der Waals surface area contributed by atoms with Crippen LogP contribution in [0, 0.1) is 5.92 Å². The van der Waals surface area contributed by atoms with Gasteiger partial charge in [-0.1, -0.05) is 6.92 Å². The molecule has 1 aliphatic rings. The average molecular weight is 354 g/mol. The molecule has 1 N–H and O–H groups in total. The van der Waals surface area contributed by atoms with E-state index in [1.54, 1.807) is 30.3 Å². The number of ether oxygens (including phenoxy) is 1. The van der Waals surface area contributed by atoms with Crippen molar-refractivity contribution in [2.45, 2.75) is 19.8 Å². The van der Waals surface area contributed by atoms with Crippen LogP contribution < -0.4 is 10.2 Å². The molecule has 26 heavy (non-hydrogen) atoms. The molecular formula is C19H22N4O3. The molecule has 1 unspecified atom stereocenters. The number of piperidine rings is 1. The molecule has 136 valence electrons. The van der Waals surface area contributed by atoms with Crippen LogP contribution in [0.4, 0.5) is 11.5 Å². The summed E-state index contributed by atoms with van der Waals surface area (Å²) in [4.78, 5) is 34.5. The first-order valence-electron chi connectivity index (χ1n) is 8.63. The summed E-state index contributed by atoms with van der Waals surface area (Å²) in [6.07, 6.45) is 3.76. The summed E-state index contributed by atoms with van der Waals surface area (Å²) in [5.74, 6) is 0.658. The highest BCUT2D eigenvalue weighted by molar-refractivity contribution is 6.03. The zero-order chi connectivity index (χ0) is 18.5. The molecule has 0 bridgehead atoms. The van der Waals surface area contributed by atoms with Crippen molar-refractivity contribution in [3.63, 3.8) is 0 Å². The van der Waals surface area contributed by atoms with Crippen LogP contribution in [0.15, 0.2) is 36.7 Å². The van der Waals surface area contributed by atoms with Gasteiger partial charge in [-0.05, 0) is 43.0 Å². The summed E-state index contributed by atoms with van der Waals surface area (Å²) in [5, 5.41) is 2.78. The standard InChI is InChI=1S/C19H22N4O3/c1-13-4-3-9-23(11-13)17-10-16(20-12-21-17)18(24)22-15-7-5-14(6-8-15)19(25)26-2/h5-8,10,12-13H,3-4,9,11H2,1-2H3,(H,22,24). The number of rotatable bonds is 4. The number of nitrogens with zero attached hydrogens (tertiary/aromatic N) is 3. The number of hydrogen-bond donors (Lipinski definition) is 1. The van der Waals surface area contributed by atoms with Crippen LogP contribution in [0.25, 0.3) is 0 Å². The van der Waals surface area contributed by atoms with Crippen LogP contribution in [0.2, 0.25) is 0 Å². The summed E-state index contributed by atoms with van der Waals surface area (Å²) in [6, 6.07) is 8.22. The van der Waals surface area contributed by atoms with Gasteiger partial charge in [-0.3, -0.25) is 4.79 Å². The molecule has 1 fully saturated rings. The molecule has 1 saturated heterocycles. The second-order valence-corrected chi connectivity index (χ2v) is 6.48. The molecule has 2 aromatic rings. The van der Waals surface area contributed by atoms with E-state index in [9.17, 15) is 9.59 Å². The van der Waals surface area contributed by atoms with Crippen LogP contribution in [0.3, 0.4) is 0 Å². The van der Waals surface area contributed by atoms with E-state index in [0.717, 1.165) is 25.3 Å². The number of carbonyl (C=O) groups excluding carboxylic acids is 2. The van der Waals surface area contributed by atoms with Crippen molar-refractivity contribution in [3.05, 3.63) is 47.9 Å². The van der Waals surface area contributed by atoms with Crippen molar-refractivity contribution in [2.75, 3.05) is 30.4 Å². The third-order valence-corrected chi connectivity index (χ3v) is 4.43. The number of esters is 1. The van der Waals surface area contributed by atoms with Crippen molar-refractivity contribution < 1.29 is 14.3 Å². The maximum Gasteiger partial charge on any atom is 0.337 e. The minimum atomic E-state index is -0.418. The number of benzene rings is 1. The molecule has 3 rings (SSSR count). The molecule has 0 saturated carbocycles. The van der Waals surface area contributed by atoms with Gasteiger partial charge >= 0.3 is 5.97 Å². The number of hydrogen-bond acceptors (Lipinski definition) is 6. The normalized spacial score (nSPS) is 16.8. The van der Waals surface area contributed by atoms with Crippen molar-refractivity contribution in [2.24, 2.45) is 5.92 Å². The highest BCUT2D eigenvalue weighted by Gasteiger charge is 2.19. The van der Waals surface area contributed by atoms with Gasteiger partial charge in [-0.2, -0.15) is 0 Å². The largest absolute Gasteiger partial charge is 0.465 e. The lowest BCUT2D eigenvalue weighted by atomic mass is 10.0. The van der Waals surface area contributed by atoms with Crippen LogP contribution in [0.5, 0.6) is 0 Å². The first-order chi connectivity index (χ1) is 12.6. The number of nitrogens with one attached hydrogen (secondary N) is 1. The fraction of sp³-hybridized carbons (Fsp3) is 0.368. The maximum atomic E-state index is 12.5. The molecule has 0 radical (unpaired) electrons. The minimum absolute atomic E-state index is 0.310. The Balaban J connectivity index is 1.70. The molecule has 7 heteroatoms. The lowest BCUT2D eigenvalue weighted by Crippen LogP contribution is -2.35. The van der Waals surface area contributed by atoms with Gasteiger partial charge in [0, 0.05) is 24.8 Å². The van der Waals surface area contributed by atoms with Gasteiger partial charge in [-0.15, -0.1) is 0 Å². The second kappa shape index (κ2) is 7.95. The Kier molecular flexibility index (Phi) is 5.46. The number of amides is 1. The molecule has 1 aromatic carbocycles. The Hall–Kier alpha value is -2.96. The van der Waals surface area contributed by atoms with Crippen molar-refractivity contribution in [3.8, 4) is 0 Å². The van der Waals surface area contributed by atoms with Gasteiger partial charge in [0.05, 0.1) is 12.7 Å². The quantitative estimate of drug-likeness (QED) is 0.850. The molecule has 1 amide bonds. The number of methoxy groups -OCH3 is 1. The maximum absolute atomic E-state index is 12.5. The molecule has 7 nitrogen and oxygen atoms in total. The predicted molar refractivity (Wildman–Crippen MR) is 98.4 cm³/mol. The third-order valence-electron chi connectivity index (χ3n) is 4.43. The summed E-state index contributed by atoms with van der Waals surface area (Å²) in [5.41, 5.74) is 1.31. The molecule has 1 aliphatic heterocycles. The van der Waals surface area contributed by atoms with Crippen LogP contribution in [-0.2, 0) is 4.74 Å². The Labute approximate surface area is 152 Å². The van der Waals surface area contributed by atoms with Crippen LogP contribution in [0.1, 0.15) is 40.6 Å². The molecule has 1 atom stereocenters. The molecule has 1 aromatic heterocycles. The summed E-state index contributed by atoms with van der Waals surface area (Å²) in [7, 11) is 1.33. The number of anilines is 2. The summed E-state index contributed by atoms with van der Waals surface area (Å²) < 4.78 is 4.66. The fourth-order valence-corrected chi connectivity index (χ4v) is 3.04. The zero-order valence-corrected chi connectivity index (χ0v) is 14.9. The molecule has 0 aliphatic carbocycles. The van der Waals surface area contributed by atoms with Crippen molar-refractivity contribution in [1.29, 1.82) is 0 Å². The van der Waals surface area contributed by atoms with Gasteiger partial charge in [0.1, 0.15) is 17.8 Å². The summed E-state index contributed by atoms with van der Waals surface area (Å²) in [6.45, 7) is 4.10. The fourth-order valence-electron chi connectivity index (χ4n) is 3.04. The van der Waals surface area contributed by atoms with E-state index in [-0.39, 0.29) is 5.91 Å². The minimum Gasteiger partial charge on any atom is -0.465 e. The monoisotopic (exact) mass is 354 g/mol. The number of carbonyl (C=O) groups is 2. The molecule has 0 spiro atoms. The van der Waals surface area contributed by atoms with E-state index in [0.29, 0.717) is 22.9 Å². The SMILES string of the molecule is COC(=O)c1ccc(NC(=O)c2cc(N3CCCC(C)C3)ncn2)cc1. The highest BCUT2D eigenvalue weighted by Crippen LogP contribution is 2.21. The van der Waals surface area contributed by atoms with E-state index < -0.39 is 5.97 Å². The van der Waals surface area contributed by atoms with Gasteiger partial charge in [-0.25, -0.2) is 14.8 Å². The Morgan fingerprint density at radius 3 is 2.69 bits per heavy atom. The van der Waals surface area contributed by atoms with Gasteiger partial charge < -0.3 is 15.0 Å². The first-order valence-corrected chi connectivity index (χ1v) is 8.63. The topological polar surface area (TPSA) is 84.4 Å². The highest BCUT2D eigenvalue weighted by atomic mass is 16.5. The summed E-state index contributed by atoms with van der Waals surface area (Å²) >= 11 is 0. The van der Waals surface area contributed by atoms with Gasteiger partial charge in [0.15, 0.2) is 0 Å². The Morgan fingerprint density at radius 1 is 1.23 bits per heavy atom. The molecular weight excluding hydrogens is 332 g/mol. The van der Waals surface area contributed by atoms with Crippen molar-refractivity contribution in [1.82, 2.24) is 9.97 Å². The van der Waals surface area contributed by atoms with Crippen LogP contribution in [-0.4, -0.2) is 42.0 Å². The predicted octanol–water partition coefficient (Wildman–Crippen LogP) is 2.75. The Morgan fingerprint density at radius 2 is 2.00 bits per heavy atom. The van der Waals surface area contributed by atoms with E-state index in [1.165, 1.54) is 19.9 Å². The van der Waals surface area contributed by atoms with E-state index in [4.69, 9.17) is 0 Å². The number of aromatic nitrogens is 2. The first kappa shape index (κ1) is 17.8. The Bertz CT molecular complexity index is 792. The second-order valence-electron chi connectivity index (χ2n) is 6.48. The van der Waals surface area contributed by atoms with E-state index in [1.807, 2.05) is 0 Å².